The third-order valence-corrected chi connectivity index (χ3v) is 10.5. The van der Waals surface area contributed by atoms with Gasteiger partial charge in [0.1, 0.15) is 23.3 Å². The highest BCUT2D eigenvalue weighted by atomic mass is 79.9. The molecule has 262 valence electrons. The predicted molar refractivity (Wildman–Crippen MR) is 200 cm³/mol. The highest BCUT2D eigenvalue weighted by Gasteiger charge is 2.39. The minimum atomic E-state index is -0.615. The van der Waals surface area contributed by atoms with Crippen molar-refractivity contribution in [3.05, 3.63) is 101 Å². The molecule has 1 fully saturated rings. The van der Waals surface area contributed by atoms with Gasteiger partial charge in [0.05, 0.1) is 11.5 Å². The van der Waals surface area contributed by atoms with Gasteiger partial charge in [-0.05, 0) is 96.8 Å². The SMILES string of the molecule is O=C1CCC(N2Cc3cc(NCCCOCCCOc4ccc(Oc5c(-c6ccc(Br)cc6)sc6cc(O)ccc56)cc4)ccc3C2=O)C(=O)N1. The first-order chi connectivity index (χ1) is 24.8. The highest BCUT2D eigenvalue weighted by molar-refractivity contribution is 9.10. The zero-order chi connectivity index (χ0) is 35.3. The summed E-state index contributed by atoms with van der Waals surface area (Å²) in [5.74, 6) is 1.53. The summed E-state index contributed by atoms with van der Waals surface area (Å²) in [5, 5.41) is 16.7. The van der Waals surface area contributed by atoms with Crippen molar-refractivity contribution in [3.63, 3.8) is 0 Å². The van der Waals surface area contributed by atoms with Gasteiger partial charge in [0.2, 0.25) is 11.8 Å². The maximum absolute atomic E-state index is 12.9. The van der Waals surface area contributed by atoms with E-state index in [2.05, 4.69) is 26.6 Å². The van der Waals surface area contributed by atoms with E-state index < -0.39 is 11.9 Å². The maximum Gasteiger partial charge on any atom is 0.255 e. The van der Waals surface area contributed by atoms with Crippen LogP contribution in [0.15, 0.2) is 89.4 Å². The molecule has 3 amide bonds. The Morgan fingerprint density at radius 2 is 1.69 bits per heavy atom. The van der Waals surface area contributed by atoms with Crippen LogP contribution in [0, 0.1) is 0 Å². The van der Waals surface area contributed by atoms with Crippen LogP contribution in [-0.2, 0) is 20.9 Å². The highest BCUT2D eigenvalue weighted by Crippen LogP contribution is 2.47. The number of nitrogens with one attached hydrogen (secondary N) is 2. The van der Waals surface area contributed by atoms with Crippen molar-refractivity contribution < 1.29 is 33.7 Å². The Morgan fingerprint density at radius 3 is 2.49 bits per heavy atom. The Bertz CT molecular complexity index is 2070. The molecule has 12 heteroatoms. The van der Waals surface area contributed by atoms with Crippen LogP contribution in [0.4, 0.5) is 5.69 Å². The van der Waals surface area contributed by atoms with Crippen molar-refractivity contribution in [3.8, 4) is 33.4 Å². The van der Waals surface area contributed by atoms with E-state index in [-0.39, 0.29) is 24.0 Å². The van der Waals surface area contributed by atoms with E-state index in [1.54, 1.807) is 34.4 Å². The average Bonchev–Trinajstić information content (AvgIpc) is 3.64. The number of hydrogen-bond acceptors (Lipinski definition) is 9. The number of hydrogen-bond donors (Lipinski definition) is 3. The molecular weight excluding hydrogens is 734 g/mol. The number of carbonyl (C=O) groups is 3. The number of anilines is 1. The summed E-state index contributed by atoms with van der Waals surface area (Å²) in [6, 6.07) is 26.0. The number of phenols is 1. The first kappa shape index (κ1) is 34.5. The zero-order valence-electron chi connectivity index (χ0n) is 27.7. The van der Waals surface area contributed by atoms with Crippen LogP contribution in [0.25, 0.3) is 20.5 Å². The van der Waals surface area contributed by atoms with Crippen molar-refractivity contribution in [2.45, 2.75) is 38.3 Å². The number of aromatic hydroxyl groups is 1. The number of benzene rings is 4. The number of piperidine rings is 1. The Hall–Kier alpha value is -4.91. The Morgan fingerprint density at radius 1 is 0.902 bits per heavy atom. The zero-order valence-corrected chi connectivity index (χ0v) is 30.1. The molecule has 0 aliphatic carbocycles. The van der Waals surface area contributed by atoms with Crippen LogP contribution in [0.5, 0.6) is 23.0 Å². The number of carbonyl (C=O) groups excluding carboxylic acids is 3. The van der Waals surface area contributed by atoms with Crippen LogP contribution in [0.2, 0.25) is 0 Å². The smallest absolute Gasteiger partial charge is 0.255 e. The quantitative estimate of drug-likeness (QED) is 0.0770. The average molecular weight is 771 g/mol. The van der Waals surface area contributed by atoms with Gasteiger partial charge in [-0.1, -0.05) is 28.1 Å². The summed E-state index contributed by atoms with van der Waals surface area (Å²) in [6.45, 7) is 2.77. The Kier molecular flexibility index (Phi) is 10.5. The van der Waals surface area contributed by atoms with Gasteiger partial charge < -0.3 is 29.5 Å². The molecule has 0 spiro atoms. The lowest BCUT2D eigenvalue weighted by Gasteiger charge is -2.29. The molecule has 2 aliphatic heterocycles. The number of halogens is 1. The van der Waals surface area contributed by atoms with Crippen LogP contribution >= 0.6 is 27.3 Å². The van der Waals surface area contributed by atoms with E-state index in [0.29, 0.717) is 50.6 Å². The number of imide groups is 1. The number of ether oxygens (including phenoxy) is 3. The summed E-state index contributed by atoms with van der Waals surface area (Å²) >= 11 is 5.08. The molecular formula is C39H36BrN3O7S. The number of phenolic OH excluding ortho intramolecular Hbond substituents is 1. The minimum Gasteiger partial charge on any atom is -0.508 e. The van der Waals surface area contributed by atoms with Crippen LogP contribution in [0.3, 0.4) is 0 Å². The molecule has 0 saturated carbocycles. The van der Waals surface area contributed by atoms with E-state index in [0.717, 1.165) is 60.6 Å². The van der Waals surface area contributed by atoms with Gasteiger partial charge >= 0.3 is 0 Å². The van der Waals surface area contributed by atoms with Crippen LogP contribution in [0.1, 0.15) is 41.6 Å². The molecule has 0 bridgehead atoms. The Balaban J connectivity index is 0.817. The van der Waals surface area contributed by atoms with E-state index in [4.69, 9.17) is 14.2 Å². The third kappa shape index (κ3) is 8.03. The van der Waals surface area contributed by atoms with Gasteiger partial charge in [-0.15, -0.1) is 11.3 Å². The van der Waals surface area contributed by atoms with E-state index >= 15 is 0 Å². The van der Waals surface area contributed by atoms with Gasteiger partial charge in [0.15, 0.2) is 5.75 Å². The molecule has 2 aliphatic rings. The third-order valence-electron chi connectivity index (χ3n) is 8.80. The molecule has 3 heterocycles. The monoisotopic (exact) mass is 769 g/mol. The summed E-state index contributed by atoms with van der Waals surface area (Å²) in [4.78, 5) is 39.2. The second-order valence-electron chi connectivity index (χ2n) is 12.4. The molecule has 4 aromatic carbocycles. The van der Waals surface area contributed by atoms with Crippen molar-refractivity contribution in [1.29, 1.82) is 0 Å². The van der Waals surface area contributed by atoms with Crippen molar-refractivity contribution in [2.75, 3.05) is 31.7 Å². The van der Waals surface area contributed by atoms with E-state index in [9.17, 15) is 19.5 Å². The van der Waals surface area contributed by atoms with E-state index in [1.807, 2.05) is 66.7 Å². The second-order valence-corrected chi connectivity index (χ2v) is 14.4. The van der Waals surface area contributed by atoms with Crippen molar-refractivity contribution in [2.24, 2.45) is 0 Å². The number of rotatable bonds is 14. The first-order valence-electron chi connectivity index (χ1n) is 16.8. The van der Waals surface area contributed by atoms with Gasteiger partial charge in [-0.3, -0.25) is 19.7 Å². The number of fused-ring (bicyclic) bond motifs is 2. The fourth-order valence-corrected chi connectivity index (χ4v) is 7.65. The predicted octanol–water partition coefficient (Wildman–Crippen LogP) is 7.88. The summed E-state index contributed by atoms with van der Waals surface area (Å²) in [6.07, 6.45) is 2.15. The molecule has 1 aromatic heterocycles. The molecule has 3 N–H and O–H groups in total. The topological polar surface area (TPSA) is 126 Å². The number of thiophene rings is 1. The molecule has 5 aromatic rings. The Labute approximate surface area is 307 Å². The normalized spacial score (nSPS) is 15.6. The molecule has 1 atom stereocenters. The van der Waals surface area contributed by atoms with Gasteiger partial charge in [-0.2, -0.15) is 0 Å². The molecule has 10 nitrogen and oxygen atoms in total. The molecule has 7 rings (SSSR count). The molecule has 1 unspecified atom stereocenters. The number of amides is 3. The van der Waals surface area contributed by atoms with Gasteiger partial charge in [0.25, 0.3) is 5.91 Å². The van der Waals surface area contributed by atoms with Crippen LogP contribution in [-0.4, -0.2) is 60.1 Å². The molecule has 0 radical (unpaired) electrons. The molecule has 1 saturated heterocycles. The largest absolute Gasteiger partial charge is 0.508 e. The lowest BCUT2D eigenvalue weighted by Crippen LogP contribution is -2.52. The van der Waals surface area contributed by atoms with Gasteiger partial charge in [-0.25, -0.2) is 0 Å². The van der Waals surface area contributed by atoms with Crippen molar-refractivity contribution in [1.82, 2.24) is 10.2 Å². The summed E-state index contributed by atoms with van der Waals surface area (Å²) in [7, 11) is 0. The van der Waals surface area contributed by atoms with E-state index in [1.165, 1.54) is 0 Å². The lowest BCUT2D eigenvalue weighted by atomic mass is 10.0. The second kappa shape index (κ2) is 15.5. The van der Waals surface area contributed by atoms with Gasteiger partial charge in [0, 0.05) is 65.0 Å². The maximum atomic E-state index is 12.9. The first-order valence-corrected chi connectivity index (χ1v) is 18.4. The fraction of sp³-hybridized carbons (Fsp3) is 0.256. The fourth-order valence-electron chi connectivity index (χ4n) is 6.22. The summed E-state index contributed by atoms with van der Waals surface area (Å²) in [5.41, 5.74) is 3.41. The van der Waals surface area contributed by atoms with Crippen molar-refractivity contribution >= 4 is 60.8 Å². The number of nitrogens with zero attached hydrogens (tertiary/aromatic N) is 1. The standard InChI is InChI=1S/C39H36BrN3O7S/c40-26-5-3-24(4-6-26)37-36(32-14-8-28(44)22-34(32)51-37)50-30-11-9-29(10-12-30)49-20-2-19-48-18-1-17-41-27-7-13-31-25(21-27)23-43(39(31)47)33-15-16-35(45)42-38(33)46/h3-14,21-22,33,41,44H,1-2,15-20,23H2,(H,42,45,46). The lowest BCUT2D eigenvalue weighted by molar-refractivity contribution is -0.136. The molecule has 51 heavy (non-hydrogen) atoms. The summed E-state index contributed by atoms with van der Waals surface area (Å²) < 4.78 is 20.1. The van der Waals surface area contributed by atoms with Crippen LogP contribution < -0.4 is 20.1 Å². The minimum absolute atomic E-state index is 0.174.